The molecular weight excluding hydrogens is 294 g/mol. The average molecular weight is 323 g/mol. The van der Waals surface area contributed by atoms with E-state index in [0.717, 1.165) is 12.2 Å². The standard InChI is InChI=1S/C22H29NO/c1-5-6-7-8-9-12-17-16(2)21(24-4)15-19-18-13-10-11-14-20(18)23(3)22(17)19/h10-11,13-15H,5-9,12H2,1-4H3. The van der Waals surface area contributed by atoms with Crippen molar-refractivity contribution in [2.45, 2.75) is 52.4 Å². The van der Waals surface area contributed by atoms with Gasteiger partial charge in [0.2, 0.25) is 0 Å². The Morgan fingerprint density at radius 2 is 1.75 bits per heavy atom. The lowest BCUT2D eigenvalue weighted by Gasteiger charge is -2.14. The van der Waals surface area contributed by atoms with Crippen LogP contribution in [-0.4, -0.2) is 11.7 Å². The van der Waals surface area contributed by atoms with E-state index in [9.17, 15) is 0 Å². The van der Waals surface area contributed by atoms with Crippen molar-refractivity contribution >= 4 is 21.8 Å². The molecule has 0 atom stereocenters. The highest BCUT2D eigenvalue weighted by atomic mass is 16.5. The molecule has 0 amide bonds. The van der Waals surface area contributed by atoms with Crippen LogP contribution in [0.3, 0.4) is 0 Å². The fraction of sp³-hybridized carbons (Fsp3) is 0.455. The van der Waals surface area contributed by atoms with Gasteiger partial charge in [0.25, 0.3) is 0 Å². The molecule has 0 bridgehead atoms. The number of hydrogen-bond donors (Lipinski definition) is 0. The largest absolute Gasteiger partial charge is 0.496 e. The van der Waals surface area contributed by atoms with Gasteiger partial charge in [0.05, 0.1) is 12.6 Å². The number of nitrogens with zero attached hydrogens (tertiary/aromatic N) is 1. The topological polar surface area (TPSA) is 14.2 Å². The van der Waals surface area contributed by atoms with Gasteiger partial charge in [-0.15, -0.1) is 0 Å². The smallest absolute Gasteiger partial charge is 0.122 e. The number of unbranched alkanes of at least 4 members (excludes halogenated alkanes) is 4. The zero-order valence-electron chi connectivity index (χ0n) is 15.5. The lowest BCUT2D eigenvalue weighted by Crippen LogP contribution is -1.99. The minimum Gasteiger partial charge on any atom is -0.496 e. The zero-order chi connectivity index (χ0) is 17.1. The average Bonchev–Trinajstić information content (AvgIpc) is 2.89. The van der Waals surface area contributed by atoms with Crippen molar-refractivity contribution in [1.82, 2.24) is 4.57 Å². The van der Waals surface area contributed by atoms with Crippen molar-refractivity contribution in [3.63, 3.8) is 0 Å². The molecule has 0 radical (unpaired) electrons. The second kappa shape index (κ2) is 7.29. The summed E-state index contributed by atoms with van der Waals surface area (Å²) in [6.45, 7) is 4.47. The van der Waals surface area contributed by atoms with Gasteiger partial charge in [0.1, 0.15) is 5.75 Å². The van der Waals surface area contributed by atoms with Crippen molar-refractivity contribution in [3.05, 3.63) is 41.5 Å². The molecule has 3 rings (SSSR count). The molecule has 24 heavy (non-hydrogen) atoms. The molecule has 0 saturated heterocycles. The highest BCUT2D eigenvalue weighted by molar-refractivity contribution is 6.10. The molecule has 2 aromatic carbocycles. The van der Waals surface area contributed by atoms with Crippen molar-refractivity contribution in [2.75, 3.05) is 7.11 Å². The number of ether oxygens (including phenoxy) is 1. The number of fused-ring (bicyclic) bond motifs is 3. The first-order valence-electron chi connectivity index (χ1n) is 9.22. The number of aryl methyl sites for hydroxylation is 2. The van der Waals surface area contributed by atoms with Crippen LogP contribution in [0.15, 0.2) is 30.3 Å². The van der Waals surface area contributed by atoms with Crippen molar-refractivity contribution in [2.24, 2.45) is 7.05 Å². The van der Waals surface area contributed by atoms with E-state index in [0.29, 0.717) is 0 Å². The van der Waals surface area contributed by atoms with Crippen LogP contribution in [-0.2, 0) is 13.5 Å². The Hall–Kier alpha value is -1.96. The summed E-state index contributed by atoms with van der Waals surface area (Å²) in [6, 6.07) is 10.9. The number of benzene rings is 2. The summed E-state index contributed by atoms with van der Waals surface area (Å²) < 4.78 is 8.05. The lowest BCUT2D eigenvalue weighted by molar-refractivity contribution is 0.411. The van der Waals surface area contributed by atoms with Gasteiger partial charge in [-0.05, 0) is 43.0 Å². The molecule has 128 valence electrons. The van der Waals surface area contributed by atoms with Crippen LogP contribution < -0.4 is 4.74 Å². The third-order valence-electron chi connectivity index (χ3n) is 5.28. The van der Waals surface area contributed by atoms with E-state index in [-0.39, 0.29) is 0 Å². The summed E-state index contributed by atoms with van der Waals surface area (Å²) in [5, 5.41) is 2.64. The maximum Gasteiger partial charge on any atom is 0.122 e. The van der Waals surface area contributed by atoms with E-state index >= 15 is 0 Å². The first-order chi connectivity index (χ1) is 11.7. The van der Waals surface area contributed by atoms with Crippen molar-refractivity contribution in [1.29, 1.82) is 0 Å². The molecule has 1 aromatic heterocycles. The minimum absolute atomic E-state index is 1.02. The quantitative estimate of drug-likeness (QED) is 0.475. The number of hydrogen-bond acceptors (Lipinski definition) is 1. The van der Waals surface area contributed by atoms with Gasteiger partial charge in [-0.1, -0.05) is 50.8 Å². The monoisotopic (exact) mass is 323 g/mol. The van der Waals surface area contributed by atoms with Gasteiger partial charge in [-0.25, -0.2) is 0 Å². The molecule has 0 aliphatic carbocycles. The molecule has 0 spiro atoms. The fourth-order valence-corrected chi connectivity index (χ4v) is 3.92. The Balaban J connectivity index is 2.09. The SMILES string of the molecule is CCCCCCCc1c(C)c(OC)cc2c3ccccc3n(C)c12. The number of para-hydroxylation sites is 1. The van der Waals surface area contributed by atoms with E-state index in [1.807, 2.05) is 0 Å². The van der Waals surface area contributed by atoms with Crippen LogP contribution >= 0.6 is 0 Å². The van der Waals surface area contributed by atoms with Crippen LogP contribution in [0, 0.1) is 6.92 Å². The predicted octanol–water partition coefficient (Wildman–Crippen LogP) is 6.16. The molecule has 0 unspecified atom stereocenters. The first-order valence-corrected chi connectivity index (χ1v) is 9.22. The van der Waals surface area contributed by atoms with Crippen LogP contribution in [0.5, 0.6) is 5.75 Å². The summed E-state index contributed by atoms with van der Waals surface area (Å²) in [6.07, 6.45) is 7.69. The molecule has 2 nitrogen and oxygen atoms in total. The van der Waals surface area contributed by atoms with Gasteiger partial charge in [-0.2, -0.15) is 0 Å². The van der Waals surface area contributed by atoms with Crippen LogP contribution in [0.4, 0.5) is 0 Å². The first kappa shape index (κ1) is 16.9. The normalized spacial score (nSPS) is 11.5. The van der Waals surface area contributed by atoms with Crippen LogP contribution in [0.1, 0.15) is 50.2 Å². The molecular formula is C22H29NO. The van der Waals surface area contributed by atoms with Crippen molar-refractivity contribution < 1.29 is 4.74 Å². The Kier molecular flexibility index (Phi) is 5.13. The van der Waals surface area contributed by atoms with Crippen LogP contribution in [0.2, 0.25) is 0 Å². The predicted molar refractivity (Wildman–Crippen MR) is 104 cm³/mol. The summed E-state index contributed by atoms with van der Waals surface area (Å²) in [4.78, 5) is 0. The van der Waals surface area contributed by atoms with Gasteiger partial charge in [-0.3, -0.25) is 0 Å². The van der Waals surface area contributed by atoms with E-state index in [4.69, 9.17) is 4.74 Å². The zero-order valence-corrected chi connectivity index (χ0v) is 15.5. The van der Waals surface area contributed by atoms with Gasteiger partial charge < -0.3 is 9.30 Å². The third-order valence-corrected chi connectivity index (χ3v) is 5.28. The van der Waals surface area contributed by atoms with E-state index in [1.165, 1.54) is 65.0 Å². The van der Waals surface area contributed by atoms with E-state index in [2.05, 4.69) is 55.8 Å². The summed E-state index contributed by atoms with van der Waals surface area (Å²) >= 11 is 0. The third kappa shape index (κ3) is 2.90. The fourth-order valence-electron chi connectivity index (χ4n) is 3.92. The number of aromatic nitrogens is 1. The molecule has 0 N–H and O–H groups in total. The molecule has 2 heteroatoms. The van der Waals surface area contributed by atoms with Crippen LogP contribution in [0.25, 0.3) is 21.8 Å². The summed E-state index contributed by atoms with van der Waals surface area (Å²) in [7, 11) is 3.97. The summed E-state index contributed by atoms with van der Waals surface area (Å²) in [5.41, 5.74) is 5.43. The van der Waals surface area contributed by atoms with E-state index in [1.54, 1.807) is 7.11 Å². The Bertz CT molecular complexity index is 844. The minimum atomic E-state index is 1.02. The number of methoxy groups -OCH3 is 1. The van der Waals surface area contributed by atoms with E-state index < -0.39 is 0 Å². The van der Waals surface area contributed by atoms with Gasteiger partial charge in [0.15, 0.2) is 0 Å². The highest BCUT2D eigenvalue weighted by Gasteiger charge is 2.16. The Labute approximate surface area is 145 Å². The maximum atomic E-state index is 5.69. The molecule has 0 saturated carbocycles. The molecule has 1 heterocycles. The Morgan fingerprint density at radius 1 is 1.00 bits per heavy atom. The second-order valence-electron chi connectivity index (χ2n) is 6.82. The lowest BCUT2D eigenvalue weighted by atomic mass is 9.97. The molecule has 3 aromatic rings. The maximum absolute atomic E-state index is 5.69. The molecule has 0 fully saturated rings. The highest BCUT2D eigenvalue weighted by Crippen LogP contribution is 2.37. The molecule has 0 aliphatic rings. The summed E-state index contributed by atoms with van der Waals surface area (Å²) in [5.74, 6) is 1.02. The van der Waals surface area contributed by atoms with Crippen molar-refractivity contribution in [3.8, 4) is 5.75 Å². The molecule has 0 aliphatic heterocycles. The second-order valence-corrected chi connectivity index (χ2v) is 6.82. The number of rotatable bonds is 7. The van der Waals surface area contributed by atoms with Gasteiger partial charge >= 0.3 is 0 Å². The Morgan fingerprint density at radius 3 is 2.50 bits per heavy atom. The van der Waals surface area contributed by atoms with Gasteiger partial charge in [0, 0.05) is 23.3 Å².